The minimum absolute atomic E-state index is 0.115. The second-order valence-corrected chi connectivity index (χ2v) is 5.10. The maximum atomic E-state index is 11.9. The lowest BCUT2D eigenvalue weighted by molar-refractivity contribution is -0.127. The van der Waals surface area contributed by atoms with Gasteiger partial charge in [0.15, 0.2) is 0 Å². The zero-order valence-corrected chi connectivity index (χ0v) is 11.4. The van der Waals surface area contributed by atoms with E-state index in [0.29, 0.717) is 4.99 Å². The van der Waals surface area contributed by atoms with Crippen molar-refractivity contribution >= 4 is 28.8 Å². The molecule has 1 heterocycles. The van der Waals surface area contributed by atoms with Crippen molar-refractivity contribution in [1.82, 2.24) is 4.90 Å². The topological polar surface area (TPSA) is 58.4 Å². The maximum Gasteiger partial charge on any atom is 0.244 e. The highest BCUT2D eigenvalue weighted by Crippen LogP contribution is 2.21. The van der Waals surface area contributed by atoms with Crippen LogP contribution in [0.25, 0.3) is 0 Å². The van der Waals surface area contributed by atoms with E-state index in [2.05, 4.69) is 5.32 Å². The van der Waals surface area contributed by atoms with Gasteiger partial charge in [-0.15, -0.1) is 0 Å². The molecule has 0 aliphatic carbocycles. The third-order valence-electron chi connectivity index (χ3n) is 3.20. The average Bonchev–Trinajstić information content (AvgIpc) is 2.63. The van der Waals surface area contributed by atoms with Gasteiger partial charge in [-0.3, -0.25) is 4.79 Å². The lowest BCUT2D eigenvalue weighted by atomic mass is 10.1. The molecule has 0 spiro atoms. The smallest absolute Gasteiger partial charge is 0.244 e. The van der Waals surface area contributed by atoms with Crippen LogP contribution in [0.3, 0.4) is 0 Å². The van der Waals surface area contributed by atoms with Gasteiger partial charge in [0.05, 0.1) is 0 Å². The first-order valence-corrected chi connectivity index (χ1v) is 6.32. The van der Waals surface area contributed by atoms with Crippen LogP contribution < -0.4 is 11.1 Å². The molecule has 1 saturated heterocycles. The number of amides is 1. The van der Waals surface area contributed by atoms with E-state index < -0.39 is 0 Å². The van der Waals surface area contributed by atoms with Crippen LogP contribution in [0.4, 0.5) is 5.69 Å². The summed E-state index contributed by atoms with van der Waals surface area (Å²) in [6.45, 7) is 2.77. The minimum Gasteiger partial charge on any atom is -0.389 e. The van der Waals surface area contributed by atoms with Crippen molar-refractivity contribution < 1.29 is 4.79 Å². The summed E-state index contributed by atoms with van der Waals surface area (Å²) in [6, 6.07) is 5.67. The first-order valence-electron chi connectivity index (χ1n) is 5.91. The lowest BCUT2D eigenvalue weighted by Gasteiger charge is -2.16. The van der Waals surface area contributed by atoms with Gasteiger partial charge in [-0.05, 0) is 25.5 Å². The summed E-state index contributed by atoms with van der Waals surface area (Å²) in [7, 11) is 1.81. The van der Waals surface area contributed by atoms with E-state index in [1.165, 1.54) is 0 Å². The number of benzene rings is 1. The van der Waals surface area contributed by atoms with E-state index >= 15 is 0 Å². The monoisotopic (exact) mass is 263 g/mol. The molecular formula is C13H17N3OS. The van der Waals surface area contributed by atoms with Gasteiger partial charge in [0.25, 0.3) is 0 Å². The zero-order valence-electron chi connectivity index (χ0n) is 10.6. The fourth-order valence-electron chi connectivity index (χ4n) is 2.13. The standard InChI is InChI=1S/C13H17N3OS/c1-8-3-4-10(9(7-8)12(14)18)15-11-5-6-16(2)13(11)17/h3-4,7,11,15H,5-6H2,1-2H3,(H2,14,18). The van der Waals surface area contributed by atoms with Crippen LogP contribution in [-0.4, -0.2) is 35.4 Å². The normalized spacial score (nSPS) is 19.1. The number of rotatable bonds is 3. The third kappa shape index (κ3) is 2.46. The van der Waals surface area contributed by atoms with E-state index in [4.69, 9.17) is 18.0 Å². The van der Waals surface area contributed by atoms with Crippen molar-refractivity contribution in [3.05, 3.63) is 29.3 Å². The Kier molecular flexibility index (Phi) is 3.52. The van der Waals surface area contributed by atoms with Gasteiger partial charge < -0.3 is 16.0 Å². The molecule has 4 nitrogen and oxygen atoms in total. The van der Waals surface area contributed by atoms with E-state index in [1.54, 1.807) is 4.90 Å². The van der Waals surface area contributed by atoms with Crippen LogP contribution in [0.2, 0.25) is 0 Å². The molecule has 0 radical (unpaired) electrons. The SMILES string of the molecule is Cc1ccc(NC2CCN(C)C2=O)c(C(N)=S)c1. The van der Waals surface area contributed by atoms with Crippen LogP contribution in [0.5, 0.6) is 0 Å². The van der Waals surface area contributed by atoms with Crippen molar-refractivity contribution in [1.29, 1.82) is 0 Å². The largest absolute Gasteiger partial charge is 0.389 e. The van der Waals surface area contributed by atoms with Gasteiger partial charge in [0.1, 0.15) is 11.0 Å². The first kappa shape index (κ1) is 12.8. The van der Waals surface area contributed by atoms with Gasteiger partial charge in [-0.1, -0.05) is 23.8 Å². The summed E-state index contributed by atoms with van der Waals surface area (Å²) in [5.41, 5.74) is 8.44. The van der Waals surface area contributed by atoms with Crippen LogP contribution in [-0.2, 0) is 4.79 Å². The molecule has 0 aromatic heterocycles. The number of carbonyl (C=O) groups is 1. The van der Waals surface area contributed by atoms with E-state index in [-0.39, 0.29) is 11.9 Å². The molecule has 5 heteroatoms. The molecule has 1 aromatic carbocycles. The summed E-state index contributed by atoms with van der Waals surface area (Å²) in [5.74, 6) is 0.115. The van der Waals surface area contributed by atoms with Gasteiger partial charge in [0, 0.05) is 24.8 Å². The predicted octanol–water partition coefficient (Wildman–Crippen LogP) is 1.27. The molecule has 1 atom stereocenters. The Morgan fingerprint density at radius 2 is 2.28 bits per heavy atom. The van der Waals surface area contributed by atoms with Gasteiger partial charge in [-0.25, -0.2) is 0 Å². The molecule has 1 aliphatic rings. The van der Waals surface area contributed by atoms with E-state index in [0.717, 1.165) is 29.8 Å². The molecule has 2 rings (SSSR count). The number of hydrogen-bond acceptors (Lipinski definition) is 3. The maximum absolute atomic E-state index is 11.9. The number of anilines is 1. The summed E-state index contributed by atoms with van der Waals surface area (Å²) in [4.78, 5) is 13.9. The van der Waals surface area contributed by atoms with Crippen molar-refractivity contribution in [3.63, 3.8) is 0 Å². The quantitative estimate of drug-likeness (QED) is 0.806. The predicted molar refractivity (Wildman–Crippen MR) is 76.7 cm³/mol. The third-order valence-corrected chi connectivity index (χ3v) is 3.42. The Morgan fingerprint density at radius 3 is 2.83 bits per heavy atom. The number of thiocarbonyl (C=S) groups is 1. The second kappa shape index (κ2) is 4.94. The van der Waals surface area contributed by atoms with Crippen molar-refractivity contribution in [2.75, 3.05) is 18.9 Å². The van der Waals surface area contributed by atoms with Crippen LogP contribution in [0, 0.1) is 6.92 Å². The summed E-state index contributed by atoms with van der Waals surface area (Å²) in [6.07, 6.45) is 0.806. The Labute approximate surface area is 112 Å². The number of nitrogens with one attached hydrogen (secondary N) is 1. The number of likely N-dealkylation sites (N-methyl/N-ethyl adjacent to an activating group) is 1. The molecule has 0 bridgehead atoms. The van der Waals surface area contributed by atoms with Crippen LogP contribution in [0.1, 0.15) is 17.5 Å². The van der Waals surface area contributed by atoms with Crippen molar-refractivity contribution in [2.24, 2.45) is 5.73 Å². The minimum atomic E-state index is -0.175. The molecule has 0 saturated carbocycles. The van der Waals surface area contributed by atoms with Gasteiger partial charge >= 0.3 is 0 Å². The number of aryl methyl sites for hydroxylation is 1. The van der Waals surface area contributed by atoms with Crippen LogP contribution >= 0.6 is 12.2 Å². The highest BCUT2D eigenvalue weighted by atomic mass is 32.1. The van der Waals surface area contributed by atoms with Crippen molar-refractivity contribution in [3.8, 4) is 0 Å². The Hall–Kier alpha value is -1.62. The van der Waals surface area contributed by atoms with Gasteiger partial charge in [-0.2, -0.15) is 0 Å². The summed E-state index contributed by atoms with van der Waals surface area (Å²) in [5, 5.41) is 3.24. The lowest BCUT2D eigenvalue weighted by Crippen LogP contribution is -2.31. The van der Waals surface area contributed by atoms with Crippen molar-refractivity contribution in [2.45, 2.75) is 19.4 Å². The number of hydrogen-bond donors (Lipinski definition) is 2. The number of nitrogens with zero attached hydrogens (tertiary/aromatic N) is 1. The zero-order chi connectivity index (χ0) is 13.3. The highest BCUT2D eigenvalue weighted by molar-refractivity contribution is 7.80. The molecule has 1 aliphatic heterocycles. The van der Waals surface area contributed by atoms with Gasteiger partial charge in [0.2, 0.25) is 5.91 Å². The average molecular weight is 263 g/mol. The first-order chi connectivity index (χ1) is 8.49. The summed E-state index contributed by atoms with van der Waals surface area (Å²) >= 11 is 5.05. The fraction of sp³-hybridized carbons (Fsp3) is 0.385. The highest BCUT2D eigenvalue weighted by Gasteiger charge is 2.29. The molecule has 1 aromatic rings. The molecule has 1 fully saturated rings. The Balaban J connectivity index is 2.24. The van der Waals surface area contributed by atoms with E-state index in [9.17, 15) is 4.79 Å². The molecular weight excluding hydrogens is 246 g/mol. The van der Waals surface area contributed by atoms with E-state index in [1.807, 2.05) is 32.2 Å². The molecule has 1 amide bonds. The molecule has 1 unspecified atom stereocenters. The number of carbonyl (C=O) groups excluding carboxylic acids is 1. The molecule has 96 valence electrons. The summed E-state index contributed by atoms with van der Waals surface area (Å²) < 4.78 is 0. The Morgan fingerprint density at radius 1 is 1.56 bits per heavy atom. The Bertz CT molecular complexity index is 501. The number of likely N-dealkylation sites (tertiary alicyclic amines) is 1. The molecule has 3 N–H and O–H groups in total. The molecule has 18 heavy (non-hydrogen) atoms. The van der Waals surface area contributed by atoms with Crippen LogP contribution in [0.15, 0.2) is 18.2 Å². The number of nitrogens with two attached hydrogens (primary N) is 1. The fourth-order valence-corrected chi connectivity index (χ4v) is 2.30. The second-order valence-electron chi connectivity index (χ2n) is 4.66.